The molecule has 1 N–H and O–H groups in total. The normalized spacial score (nSPS) is 17.6. The SMILES string of the molecule is O=C1CNC(=O)N1CCCSc1nnc(CN2CCCCC2)n1-c1ccc(F)cc1. The third kappa shape index (κ3) is 4.81. The molecule has 2 aliphatic rings. The van der Waals surface area contributed by atoms with E-state index in [1.54, 1.807) is 12.1 Å². The number of rotatable bonds is 8. The predicted octanol–water partition coefficient (Wildman–Crippen LogP) is 2.43. The van der Waals surface area contributed by atoms with E-state index in [0.717, 1.165) is 29.8 Å². The second-order valence-corrected chi connectivity index (χ2v) is 8.52. The minimum absolute atomic E-state index is 0.0741. The van der Waals surface area contributed by atoms with Gasteiger partial charge in [0.2, 0.25) is 5.91 Å². The molecule has 0 spiro atoms. The highest BCUT2D eigenvalue weighted by molar-refractivity contribution is 7.99. The number of carbonyl (C=O) groups is 2. The Morgan fingerprint density at radius 1 is 1.07 bits per heavy atom. The number of hydrogen-bond acceptors (Lipinski definition) is 6. The number of nitrogens with one attached hydrogen (secondary N) is 1. The summed E-state index contributed by atoms with van der Waals surface area (Å²) in [5, 5.41) is 12.0. The Kier molecular flexibility index (Phi) is 6.63. The van der Waals surface area contributed by atoms with Crippen molar-refractivity contribution in [1.82, 2.24) is 29.9 Å². The molecular weight excluding hydrogens is 407 g/mol. The molecule has 30 heavy (non-hydrogen) atoms. The molecule has 0 aliphatic carbocycles. The van der Waals surface area contributed by atoms with Crippen molar-refractivity contribution >= 4 is 23.7 Å². The van der Waals surface area contributed by atoms with Crippen molar-refractivity contribution in [2.24, 2.45) is 0 Å². The number of carbonyl (C=O) groups excluding carboxylic acids is 2. The van der Waals surface area contributed by atoms with Crippen molar-refractivity contribution in [1.29, 1.82) is 0 Å². The number of urea groups is 1. The monoisotopic (exact) mass is 432 g/mol. The summed E-state index contributed by atoms with van der Waals surface area (Å²) in [5.74, 6) is 1.04. The molecule has 2 aromatic rings. The number of piperidine rings is 1. The zero-order chi connectivity index (χ0) is 20.9. The number of aromatic nitrogens is 3. The van der Waals surface area contributed by atoms with Gasteiger partial charge in [0.15, 0.2) is 11.0 Å². The van der Waals surface area contributed by atoms with Gasteiger partial charge in [-0.15, -0.1) is 10.2 Å². The Balaban J connectivity index is 1.45. The van der Waals surface area contributed by atoms with E-state index < -0.39 is 0 Å². The van der Waals surface area contributed by atoms with Crippen molar-refractivity contribution in [3.63, 3.8) is 0 Å². The van der Waals surface area contributed by atoms with Gasteiger partial charge in [-0.2, -0.15) is 0 Å². The highest BCUT2D eigenvalue weighted by Crippen LogP contribution is 2.24. The number of hydrogen-bond donors (Lipinski definition) is 1. The minimum Gasteiger partial charge on any atom is -0.329 e. The summed E-state index contributed by atoms with van der Waals surface area (Å²) >= 11 is 1.52. The first-order valence-corrected chi connectivity index (χ1v) is 11.2. The zero-order valence-corrected chi connectivity index (χ0v) is 17.5. The summed E-state index contributed by atoms with van der Waals surface area (Å²) < 4.78 is 15.4. The summed E-state index contributed by atoms with van der Waals surface area (Å²) in [4.78, 5) is 26.9. The maximum Gasteiger partial charge on any atom is 0.324 e. The molecule has 2 aliphatic heterocycles. The molecule has 0 bridgehead atoms. The zero-order valence-electron chi connectivity index (χ0n) is 16.7. The Morgan fingerprint density at radius 2 is 1.83 bits per heavy atom. The summed E-state index contributed by atoms with van der Waals surface area (Å²) in [6, 6.07) is 6.01. The van der Waals surface area contributed by atoms with Crippen LogP contribution >= 0.6 is 11.8 Å². The van der Waals surface area contributed by atoms with E-state index in [2.05, 4.69) is 20.4 Å². The van der Waals surface area contributed by atoms with Crippen molar-refractivity contribution < 1.29 is 14.0 Å². The summed E-state index contributed by atoms with van der Waals surface area (Å²) in [5.41, 5.74) is 0.824. The van der Waals surface area contributed by atoms with E-state index in [1.807, 2.05) is 4.57 Å². The third-order valence-electron chi connectivity index (χ3n) is 5.29. The number of likely N-dealkylation sites (tertiary alicyclic amines) is 1. The number of nitrogens with zero attached hydrogens (tertiary/aromatic N) is 5. The van der Waals surface area contributed by atoms with Gasteiger partial charge in [0.25, 0.3) is 0 Å². The molecule has 3 amide bonds. The second-order valence-electron chi connectivity index (χ2n) is 7.45. The number of amides is 3. The van der Waals surface area contributed by atoms with Gasteiger partial charge in [-0.3, -0.25) is 19.2 Å². The molecule has 160 valence electrons. The maximum absolute atomic E-state index is 13.4. The first-order chi connectivity index (χ1) is 14.6. The van der Waals surface area contributed by atoms with E-state index in [0.29, 0.717) is 25.3 Å². The van der Waals surface area contributed by atoms with Crippen LogP contribution in [0.15, 0.2) is 29.4 Å². The molecule has 2 saturated heterocycles. The van der Waals surface area contributed by atoms with Gasteiger partial charge < -0.3 is 5.32 Å². The van der Waals surface area contributed by atoms with E-state index in [1.165, 1.54) is 48.1 Å². The average Bonchev–Trinajstić information content (AvgIpc) is 3.30. The molecule has 8 nitrogen and oxygen atoms in total. The van der Waals surface area contributed by atoms with Crippen LogP contribution in [0.3, 0.4) is 0 Å². The lowest BCUT2D eigenvalue weighted by Gasteiger charge is -2.26. The van der Waals surface area contributed by atoms with Crippen LogP contribution in [0.4, 0.5) is 9.18 Å². The molecule has 0 saturated carbocycles. The third-order valence-corrected chi connectivity index (χ3v) is 6.31. The first-order valence-electron chi connectivity index (χ1n) is 10.3. The van der Waals surface area contributed by atoms with E-state index in [-0.39, 0.29) is 24.3 Å². The van der Waals surface area contributed by atoms with Gasteiger partial charge in [0.1, 0.15) is 5.82 Å². The summed E-state index contributed by atoms with van der Waals surface area (Å²) in [7, 11) is 0. The van der Waals surface area contributed by atoms with E-state index >= 15 is 0 Å². The predicted molar refractivity (Wildman–Crippen MR) is 111 cm³/mol. The van der Waals surface area contributed by atoms with Crippen LogP contribution in [0, 0.1) is 5.82 Å². The van der Waals surface area contributed by atoms with Crippen LogP contribution in [-0.4, -0.2) is 68.4 Å². The molecule has 3 heterocycles. The quantitative estimate of drug-likeness (QED) is 0.392. The van der Waals surface area contributed by atoms with Crippen molar-refractivity contribution in [3.05, 3.63) is 35.9 Å². The van der Waals surface area contributed by atoms with Crippen molar-refractivity contribution in [2.75, 3.05) is 31.9 Å². The van der Waals surface area contributed by atoms with Crippen molar-refractivity contribution in [3.8, 4) is 5.69 Å². The van der Waals surface area contributed by atoms with Crippen LogP contribution in [0.2, 0.25) is 0 Å². The smallest absolute Gasteiger partial charge is 0.324 e. The topological polar surface area (TPSA) is 83.4 Å². The lowest BCUT2D eigenvalue weighted by atomic mass is 10.1. The van der Waals surface area contributed by atoms with Gasteiger partial charge in [-0.1, -0.05) is 18.2 Å². The van der Waals surface area contributed by atoms with Gasteiger partial charge in [0, 0.05) is 18.0 Å². The fourth-order valence-electron chi connectivity index (χ4n) is 3.73. The van der Waals surface area contributed by atoms with Crippen molar-refractivity contribution in [2.45, 2.75) is 37.4 Å². The molecule has 0 unspecified atom stereocenters. The largest absolute Gasteiger partial charge is 0.329 e. The highest BCUT2D eigenvalue weighted by atomic mass is 32.2. The Hall–Kier alpha value is -2.46. The molecule has 4 rings (SSSR count). The van der Waals surface area contributed by atoms with Gasteiger partial charge >= 0.3 is 6.03 Å². The molecule has 1 aromatic carbocycles. The van der Waals surface area contributed by atoms with Crippen LogP contribution in [0.1, 0.15) is 31.5 Å². The fourth-order valence-corrected chi connectivity index (χ4v) is 4.63. The lowest BCUT2D eigenvalue weighted by molar-refractivity contribution is -0.124. The Labute approximate surface area is 178 Å². The van der Waals surface area contributed by atoms with E-state index in [9.17, 15) is 14.0 Å². The molecular formula is C20H25FN6O2S. The Bertz CT molecular complexity index is 881. The van der Waals surface area contributed by atoms with Crippen LogP contribution in [0.25, 0.3) is 5.69 Å². The van der Waals surface area contributed by atoms with Gasteiger partial charge in [-0.25, -0.2) is 9.18 Å². The molecule has 2 fully saturated rings. The van der Waals surface area contributed by atoms with E-state index in [4.69, 9.17) is 0 Å². The van der Waals surface area contributed by atoms with Crippen LogP contribution in [0.5, 0.6) is 0 Å². The van der Waals surface area contributed by atoms with Crippen LogP contribution < -0.4 is 5.32 Å². The second kappa shape index (κ2) is 9.57. The highest BCUT2D eigenvalue weighted by Gasteiger charge is 2.27. The molecule has 0 atom stereocenters. The first kappa shape index (κ1) is 20.8. The molecule has 10 heteroatoms. The number of imide groups is 1. The number of halogens is 1. The number of benzene rings is 1. The average molecular weight is 433 g/mol. The van der Waals surface area contributed by atoms with Gasteiger partial charge in [-0.05, 0) is 56.6 Å². The fraction of sp³-hybridized carbons (Fsp3) is 0.500. The molecule has 1 aromatic heterocycles. The number of thioether (sulfide) groups is 1. The molecule has 0 radical (unpaired) electrons. The maximum atomic E-state index is 13.4. The standard InChI is InChI=1S/C20H25FN6O2S/c21-15-5-7-16(8-6-15)27-17(14-25-9-2-1-3-10-25)23-24-20(27)30-12-4-11-26-18(28)13-22-19(26)29/h5-8H,1-4,9-14H2,(H,22,29). The summed E-state index contributed by atoms with van der Waals surface area (Å²) in [6.45, 7) is 3.25. The lowest BCUT2D eigenvalue weighted by Crippen LogP contribution is -2.32. The Morgan fingerprint density at radius 3 is 2.53 bits per heavy atom. The summed E-state index contributed by atoms with van der Waals surface area (Å²) in [6.07, 6.45) is 4.30. The van der Waals surface area contributed by atoms with Crippen LogP contribution in [-0.2, 0) is 11.3 Å². The minimum atomic E-state index is -0.330. The van der Waals surface area contributed by atoms with Gasteiger partial charge in [0.05, 0.1) is 13.1 Å².